The maximum atomic E-state index is 12.6. The van der Waals surface area contributed by atoms with Crippen molar-refractivity contribution in [3.8, 4) is 0 Å². The second-order valence-corrected chi connectivity index (χ2v) is 7.55. The predicted octanol–water partition coefficient (Wildman–Crippen LogP) is 1.91. The lowest BCUT2D eigenvalue weighted by atomic mass is 9.85. The van der Waals surface area contributed by atoms with Crippen LogP contribution in [0.1, 0.15) is 44.1 Å². The molecule has 2 fully saturated rings. The summed E-state index contributed by atoms with van der Waals surface area (Å²) in [6.45, 7) is 5.65. The number of piperidine rings is 1. The smallest absolute Gasteiger partial charge is 0.223 e. The molecule has 0 radical (unpaired) electrons. The van der Waals surface area contributed by atoms with Crippen molar-refractivity contribution in [3.05, 3.63) is 35.9 Å². The standard InChI is InChI=1S/C20H30N2O3/c1-16(17-5-3-2-4-6-17)13-19(23)22-10-7-20(24,8-11-22)14-18-15-25-12-9-21-18/h2-6,16,18,21,24H,7-15H2,1H3/t16?,18-/m1/s1. The summed E-state index contributed by atoms with van der Waals surface area (Å²) in [5.41, 5.74) is 0.521. The van der Waals surface area contributed by atoms with E-state index in [1.165, 1.54) is 5.56 Å². The Labute approximate surface area is 150 Å². The van der Waals surface area contributed by atoms with Crippen molar-refractivity contribution in [2.24, 2.45) is 0 Å². The molecular weight excluding hydrogens is 316 g/mol. The van der Waals surface area contributed by atoms with Crippen LogP contribution < -0.4 is 5.32 Å². The lowest BCUT2D eigenvalue weighted by molar-refractivity contribution is -0.136. The van der Waals surface area contributed by atoms with Gasteiger partial charge in [0.05, 0.1) is 18.8 Å². The molecule has 3 rings (SSSR count). The number of hydrogen-bond acceptors (Lipinski definition) is 4. The summed E-state index contributed by atoms with van der Waals surface area (Å²) in [6, 6.07) is 10.4. The van der Waals surface area contributed by atoms with E-state index in [9.17, 15) is 9.90 Å². The van der Waals surface area contributed by atoms with E-state index in [-0.39, 0.29) is 17.9 Å². The number of benzene rings is 1. The molecule has 138 valence electrons. The fraction of sp³-hybridized carbons (Fsp3) is 0.650. The number of ether oxygens (including phenoxy) is 1. The highest BCUT2D eigenvalue weighted by atomic mass is 16.5. The third kappa shape index (κ3) is 5.03. The number of aliphatic hydroxyl groups is 1. The molecule has 0 bridgehead atoms. The Balaban J connectivity index is 1.47. The molecule has 5 nitrogen and oxygen atoms in total. The van der Waals surface area contributed by atoms with Crippen molar-refractivity contribution in [1.29, 1.82) is 0 Å². The summed E-state index contributed by atoms with van der Waals surface area (Å²) in [5, 5.41) is 14.3. The highest BCUT2D eigenvalue weighted by Crippen LogP contribution is 2.29. The molecule has 1 aromatic carbocycles. The number of nitrogens with zero attached hydrogens (tertiary/aromatic N) is 1. The molecule has 2 aliphatic rings. The quantitative estimate of drug-likeness (QED) is 0.855. The minimum absolute atomic E-state index is 0.192. The maximum absolute atomic E-state index is 12.6. The average molecular weight is 346 g/mol. The van der Waals surface area contributed by atoms with Gasteiger partial charge in [-0.15, -0.1) is 0 Å². The first-order chi connectivity index (χ1) is 12.1. The molecule has 0 aromatic heterocycles. The van der Waals surface area contributed by atoms with Gasteiger partial charge in [0.1, 0.15) is 0 Å². The number of nitrogens with one attached hydrogen (secondary N) is 1. The van der Waals surface area contributed by atoms with Crippen LogP contribution in [0.2, 0.25) is 0 Å². The van der Waals surface area contributed by atoms with Crippen LogP contribution in [0.15, 0.2) is 30.3 Å². The predicted molar refractivity (Wildman–Crippen MR) is 97.5 cm³/mol. The van der Waals surface area contributed by atoms with Crippen molar-refractivity contribution < 1.29 is 14.6 Å². The van der Waals surface area contributed by atoms with Crippen LogP contribution in [0, 0.1) is 0 Å². The van der Waals surface area contributed by atoms with Crippen molar-refractivity contribution >= 4 is 5.91 Å². The van der Waals surface area contributed by atoms with Crippen LogP contribution in [0.4, 0.5) is 0 Å². The number of hydrogen-bond donors (Lipinski definition) is 2. The molecule has 1 amide bonds. The number of likely N-dealkylation sites (tertiary alicyclic amines) is 1. The van der Waals surface area contributed by atoms with Gasteiger partial charge in [0.25, 0.3) is 0 Å². The van der Waals surface area contributed by atoms with E-state index in [0.29, 0.717) is 45.4 Å². The normalized spacial score (nSPS) is 24.7. The average Bonchev–Trinajstić information content (AvgIpc) is 2.63. The first kappa shape index (κ1) is 18.4. The summed E-state index contributed by atoms with van der Waals surface area (Å²) in [6.07, 6.45) is 2.53. The van der Waals surface area contributed by atoms with Crippen molar-refractivity contribution in [2.45, 2.75) is 50.2 Å². The highest BCUT2D eigenvalue weighted by Gasteiger charge is 2.36. The van der Waals surface area contributed by atoms with E-state index in [1.54, 1.807) is 0 Å². The second kappa shape index (κ2) is 8.30. The summed E-state index contributed by atoms with van der Waals surface area (Å²) in [4.78, 5) is 14.5. The van der Waals surface area contributed by atoms with E-state index >= 15 is 0 Å². The van der Waals surface area contributed by atoms with Gasteiger partial charge in [-0.25, -0.2) is 0 Å². The van der Waals surface area contributed by atoms with Crippen LogP contribution in [0.5, 0.6) is 0 Å². The molecule has 2 saturated heterocycles. The Morgan fingerprint density at radius 3 is 2.72 bits per heavy atom. The fourth-order valence-electron chi connectivity index (χ4n) is 3.88. The molecule has 2 N–H and O–H groups in total. The van der Waals surface area contributed by atoms with E-state index in [1.807, 2.05) is 23.1 Å². The van der Waals surface area contributed by atoms with Gasteiger partial charge >= 0.3 is 0 Å². The largest absolute Gasteiger partial charge is 0.390 e. The molecule has 2 aliphatic heterocycles. The molecule has 0 spiro atoms. The van der Waals surface area contributed by atoms with Gasteiger partial charge in [0.15, 0.2) is 0 Å². The van der Waals surface area contributed by atoms with Crippen molar-refractivity contribution in [2.75, 3.05) is 32.8 Å². The molecule has 2 heterocycles. The zero-order valence-corrected chi connectivity index (χ0v) is 15.1. The van der Waals surface area contributed by atoms with E-state index in [4.69, 9.17) is 4.74 Å². The molecule has 5 heteroatoms. The lowest BCUT2D eigenvalue weighted by Gasteiger charge is -2.41. The fourth-order valence-corrected chi connectivity index (χ4v) is 3.88. The minimum atomic E-state index is -0.680. The third-order valence-electron chi connectivity index (χ3n) is 5.52. The number of carbonyl (C=O) groups is 1. The topological polar surface area (TPSA) is 61.8 Å². The van der Waals surface area contributed by atoms with Crippen LogP contribution >= 0.6 is 0 Å². The van der Waals surface area contributed by atoms with Crippen LogP contribution in [-0.2, 0) is 9.53 Å². The van der Waals surface area contributed by atoms with E-state index < -0.39 is 5.60 Å². The molecule has 25 heavy (non-hydrogen) atoms. The van der Waals surface area contributed by atoms with Crippen LogP contribution in [-0.4, -0.2) is 60.4 Å². The first-order valence-corrected chi connectivity index (χ1v) is 9.42. The van der Waals surface area contributed by atoms with Crippen LogP contribution in [0.3, 0.4) is 0 Å². The molecule has 2 atom stereocenters. The van der Waals surface area contributed by atoms with Crippen LogP contribution in [0.25, 0.3) is 0 Å². The minimum Gasteiger partial charge on any atom is -0.390 e. The molecule has 0 saturated carbocycles. The number of amides is 1. The summed E-state index contributed by atoms with van der Waals surface area (Å²) < 4.78 is 5.48. The van der Waals surface area contributed by atoms with Gasteiger partial charge in [-0.3, -0.25) is 4.79 Å². The number of morpholine rings is 1. The second-order valence-electron chi connectivity index (χ2n) is 7.55. The zero-order valence-electron chi connectivity index (χ0n) is 15.1. The van der Waals surface area contributed by atoms with E-state index in [2.05, 4.69) is 24.4 Å². The van der Waals surface area contributed by atoms with Gasteiger partial charge in [-0.05, 0) is 30.7 Å². The van der Waals surface area contributed by atoms with Gasteiger partial charge in [-0.1, -0.05) is 37.3 Å². The number of carbonyl (C=O) groups excluding carboxylic acids is 1. The monoisotopic (exact) mass is 346 g/mol. The van der Waals surface area contributed by atoms with E-state index in [0.717, 1.165) is 13.2 Å². The van der Waals surface area contributed by atoms with Gasteiger partial charge in [0.2, 0.25) is 5.91 Å². The summed E-state index contributed by atoms with van der Waals surface area (Å²) >= 11 is 0. The first-order valence-electron chi connectivity index (χ1n) is 9.42. The molecule has 0 aliphatic carbocycles. The maximum Gasteiger partial charge on any atom is 0.223 e. The Bertz CT molecular complexity index is 549. The van der Waals surface area contributed by atoms with Gasteiger partial charge in [-0.2, -0.15) is 0 Å². The Morgan fingerprint density at radius 1 is 1.36 bits per heavy atom. The molecule has 1 aromatic rings. The third-order valence-corrected chi connectivity index (χ3v) is 5.52. The summed E-state index contributed by atoms with van der Waals surface area (Å²) in [5.74, 6) is 0.413. The van der Waals surface area contributed by atoms with Crippen molar-refractivity contribution in [1.82, 2.24) is 10.2 Å². The molecular formula is C20H30N2O3. The Hall–Kier alpha value is -1.43. The zero-order chi connectivity index (χ0) is 17.7. The van der Waals surface area contributed by atoms with Gasteiger partial charge in [0, 0.05) is 32.1 Å². The Kier molecular flexibility index (Phi) is 6.10. The molecule has 1 unspecified atom stereocenters. The highest BCUT2D eigenvalue weighted by molar-refractivity contribution is 5.77. The lowest BCUT2D eigenvalue weighted by Crippen LogP contribution is -2.52. The van der Waals surface area contributed by atoms with Gasteiger partial charge < -0.3 is 20.1 Å². The Morgan fingerprint density at radius 2 is 2.08 bits per heavy atom. The number of rotatable bonds is 5. The summed E-state index contributed by atoms with van der Waals surface area (Å²) in [7, 11) is 0. The van der Waals surface area contributed by atoms with Crippen molar-refractivity contribution in [3.63, 3.8) is 0 Å². The SMILES string of the molecule is CC(CC(=O)N1CCC(O)(C[C@@H]2COCCN2)CC1)c1ccccc1.